The number of primary amides is 1. The van der Waals surface area contributed by atoms with E-state index in [0.29, 0.717) is 5.65 Å². The maximum absolute atomic E-state index is 10.8. The third-order valence-electron chi connectivity index (χ3n) is 1.67. The average Bonchev–Trinajstić information content (AvgIpc) is 2.46. The van der Waals surface area contributed by atoms with Crippen LogP contribution in [0.2, 0.25) is 0 Å². The van der Waals surface area contributed by atoms with E-state index < -0.39 is 5.91 Å². The minimum absolute atomic E-state index is 0.276. The van der Waals surface area contributed by atoms with Crippen molar-refractivity contribution < 1.29 is 4.79 Å². The number of hydrogen-bond donors (Lipinski definition) is 1. The van der Waals surface area contributed by atoms with Gasteiger partial charge in [0.15, 0.2) is 0 Å². The molecule has 13 heavy (non-hydrogen) atoms. The van der Waals surface area contributed by atoms with Gasteiger partial charge in [0.2, 0.25) is 0 Å². The summed E-state index contributed by atoms with van der Waals surface area (Å²) in [7, 11) is 0. The lowest BCUT2D eigenvalue weighted by Crippen LogP contribution is -2.10. The lowest BCUT2D eigenvalue weighted by atomic mass is 10.5. The largest absolute Gasteiger partial charge is 0.364 e. The molecule has 0 aliphatic rings. The van der Waals surface area contributed by atoms with E-state index in [4.69, 9.17) is 5.73 Å². The molecule has 0 atom stereocenters. The SMILES string of the molecule is NC(=O)c1cn2ccc(Br)cc2n1. The molecule has 1 amide bonds. The van der Waals surface area contributed by atoms with Gasteiger partial charge in [-0.2, -0.15) is 0 Å². The minimum Gasteiger partial charge on any atom is -0.364 e. The molecular weight excluding hydrogens is 234 g/mol. The van der Waals surface area contributed by atoms with E-state index in [1.165, 1.54) is 0 Å². The number of carbonyl (C=O) groups is 1. The van der Waals surface area contributed by atoms with Crippen LogP contribution >= 0.6 is 15.9 Å². The zero-order valence-corrected chi connectivity index (χ0v) is 8.15. The molecule has 2 aromatic rings. The second-order valence-electron chi connectivity index (χ2n) is 2.60. The molecule has 4 nitrogen and oxygen atoms in total. The Hall–Kier alpha value is -1.36. The zero-order valence-electron chi connectivity index (χ0n) is 6.57. The lowest BCUT2D eigenvalue weighted by molar-refractivity contribution is 0.0996. The summed E-state index contributed by atoms with van der Waals surface area (Å²) in [5, 5.41) is 0. The second-order valence-corrected chi connectivity index (χ2v) is 3.52. The molecule has 0 unspecified atom stereocenters. The number of nitrogens with two attached hydrogens (primary N) is 1. The topological polar surface area (TPSA) is 60.4 Å². The molecule has 0 radical (unpaired) electrons. The van der Waals surface area contributed by atoms with Crippen LogP contribution in [0.25, 0.3) is 5.65 Å². The summed E-state index contributed by atoms with van der Waals surface area (Å²) in [6, 6.07) is 3.67. The molecule has 0 aliphatic heterocycles. The van der Waals surface area contributed by atoms with Gasteiger partial charge in [-0.25, -0.2) is 4.98 Å². The van der Waals surface area contributed by atoms with Gasteiger partial charge in [-0.15, -0.1) is 0 Å². The summed E-state index contributed by atoms with van der Waals surface area (Å²) >= 11 is 3.31. The van der Waals surface area contributed by atoms with E-state index in [1.54, 1.807) is 16.8 Å². The molecule has 0 bridgehead atoms. The lowest BCUT2D eigenvalue weighted by Gasteiger charge is -1.91. The van der Waals surface area contributed by atoms with E-state index in [1.807, 2.05) is 12.1 Å². The van der Waals surface area contributed by atoms with Crippen LogP contribution < -0.4 is 5.73 Å². The molecule has 0 saturated carbocycles. The number of nitrogens with zero attached hydrogens (tertiary/aromatic N) is 2. The number of halogens is 1. The summed E-state index contributed by atoms with van der Waals surface area (Å²) in [5.41, 5.74) is 6.06. The van der Waals surface area contributed by atoms with Crippen molar-refractivity contribution in [2.24, 2.45) is 5.73 Å². The van der Waals surface area contributed by atoms with Crippen molar-refractivity contribution >= 4 is 27.5 Å². The first-order chi connectivity index (χ1) is 6.16. The second kappa shape index (κ2) is 2.85. The van der Waals surface area contributed by atoms with Gasteiger partial charge in [0.25, 0.3) is 5.91 Å². The molecule has 0 saturated heterocycles. The number of hydrogen-bond acceptors (Lipinski definition) is 2. The van der Waals surface area contributed by atoms with Crippen molar-refractivity contribution in [3.8, 4) is 0 Å². The maximum Gasteiger partial charge on any atom is 0.268 e. The Morgan fingerprint density at radius 1 is 1.62 bits per heavy atom. The van der Waals surface area contributed by atoms with Crippen LogP contribution in [0.3, 0.4) is 0 Å². The summed E-state index contributed by atoms with van der Waals surface area (Å²) in [4.78, 5) is 14.8. The van der Waals surface area contributed by atoms with E-state index in [-0.39, 0.29) is 5.69 Å². The fourth-order valence-corrected chi connectivity index (χ4v) is 1.40. The van der Waals surface area contributed by atoms with Crippen molar-refractivity contribution in [1.29, 1.82) is 0 Å². The van der Waals surface area contributed by atoms with Gasteiger partial charge in [-0.3, -0.25) is 4.79 Å². The number of amides is 1. The molecular formula is C8H6BrN3O. The minimum atomic E-state index is -0.514. The fraction of sp³-hybridized carbons (Fsp3) is 0. The third kappa shape index (κ3) is 1.42. The van der Waals surface area contributed by atoms with Crippen LogP contribution in [0.15, 0.2) is 29.0 Å². The van der Waals surface area contributed by atoms with E-state index >= 15 is 0 Å². The molecule has 2 rings (SSSR count). The van der Waals surface area contributed by atoms with E-state index in [2.05, 4.69) is 20.9 Å². The van der Waals surface area contributed by atoms with E-state index in [9.17, 15) is 4.79 Å². The van der Waals surface area contributed by atoms with Crippen LogP contribution in [-0.2, 0) is 0 Å². The Balaban J connectivity index is 2.68. The van der Waals surface area contributed by atoms with Crippen LogP contribution in [0.5, 0.6) is 0 Å². The standard InChI is InChI=1S/C8H6BrN3O/c9-5-1-2-12-4-6(8(10)13)11-7(12)3-5/h1-4H,(H2,10,13). The molecule has 2 heterocycles. The first kappa shape index (κ1) is 8.25. The first-order valence-electron chi connectivity index (χ1n) is 3.61. The van der Waals surface area contributed by atoms with Crippen LogP contribution in [0.4, 0.5) is 0 Å². The van der Waals surface area contributed by atoms with Crippen LogP contribution in [0.1, 0.15) is 10.5 Å². The third-order valence-corrected chi connectivity index (χ3v) is 2.17. The zero-order chi connectivity index (χ0) is 9.42. The van der Waals surface area contributed by atoms with Gasteiger partial charge in [-0.1, -0.05) is 15.9 Å². The maximum atomic E-state index is 10.8. The molecule has 0 aromatic carbocycles. The van der Waals surface area contributed by atoms with Gasteiger partial charge in [-0.05, 0) is 12.1 Å². The number of rotatable bonds is 1. The van der Waals surface area contributed by atoms with Gasteiger partial charge < -0.3 is 10.1 Å². The van der Waals surface area contributed by atoms with Gasteiger partial charge in [0.05, 0.1) is 0 Å². The fourth-order valence-electron chi connectivity index (χ4n) is 1.08. The van der Waals surface area contributed by atoms with Crippen LogP contribution in [-0.4, -0.2) is 15.3 Å². The molecule has 66 valence electrons. The monoisotopic (exact) mass is 239 g/mol. The van der Waals surface area contributed by atoms with Gasteiger partial charge in [0.1, 0.15) is 11.3 Å². The van der Waals surface area contributed by atoms with Crippen molar-refractivity contribution in [3.05, 3.63) is 34.7 Å². The molecule has 0 aliphatic carbocycles. The number of fused-ring (bicyclic) bond motifs is 1. The molecule has 0 spiro atoms. The molecule has 5 heteroatoms. The Kier molecular flexibility index (Phi) is 1.81. The number of pyridine rings is 1. The summed E-state index contributed by atoms with van der Waals surface area (Å²) in [6.45, 7) is 0. The van der Waals surface area contributed by atoms with Crippen molar-refractivity contribution in [2.75, 3.05) is 0 Å². The predicted octanol–water partition coefficient (Wildman–Crippen LogP) is 1.20. The van der Waals surface area contributed by atoms with Gasteiger partial charge >= 0.3 is 0 Å². The Bertz CT molecular complexity index is 477. The Morgan fingerprint density at radius 3 is 3.08 bits per heavy atom. The highest BCUT2D eigenvalue weighted by Gasteiger charge is 2.05. The number of imidazole rings is 1. The highest BCUT2D eigenvalue weighted by Crippen LogP contribution is 2.12. The van der Waals surface area contributed by atoms with Gasteiger partial charge in [0, 0.05) is 16.9 Å². The Labute approximate surface area is 82.5 Å². The highest BCUT2D eigenvalue weighted by atomic mass is 79.9. The van der Waals surface area contributed by atoms with Crippen molar-refractivity contribution in [2.45, 2.75) is 0 Å². The number of carbonyl (C=O) groups excluding carboxylic acids is 1. The summed E-state index contributed by atoms with van der Waals surface area (Å²) < 4.78 is 2.66. The normalized spacial score (nSPS) is 10.5. The van der Waals surface area contributed by atoms with Crippen molar-refractivity contribution in [3.63, 3.8) is 0 Å². The molecule has 0 fully saturated rings. The predicted molar refractivity (Wildman–Crippen MR) is 51.4 cm³/mol. The van der Waals surface area contributed by atoms with Crippen molar-refractivity contribution in [1.82, 2.24) is 9.38 Å². The molecule has 2 N–H and O–H groups in total. The number of aromatic nitrogens is 2. The summed E-state index contributed by atoms with van der Waals surface area (Å²) in [6.07, 6.45) is 3.41. The quantitative estimate of drug-likeness (QED) is 0.813. The smallest absolute Gasteiger partial charge is 0.268 e. The van der Waals surface area contributed by atoms with Crippen LogP contribution in [0, 0.1) is 0 Å². The Morgan fingerprint density at radius 2 is 2.38 bits per heavy atom. The summed E-state index contributed by atoms with van der Waals surface area (Å²) in [5.74, 6) is -0.514. The molecule has 2 aromatic heterocycles. The average molecular weight is 240 g/mol. The van der Waals surface area contributed by atoms with E-state index in [0.717, 1.165) is 4.47 Å². The highest BCUT2D eigenvalue weighted by molar-refractivity contribution is 9.10. The first-order valence-corrected chi connectivity index (χ1v) is 4.40.